The normalized spacial score (nSPS) is 11.1. The molecule has 3 aromatic carbocycles. The lowest BCUT2D eigenvalue weighted by atomic mass is 10.3. The van der Waals surface area contributed by atoms with E-state index in [-0.39, 0.29) is 11.9 Å². The van der Waals surface area contributed by atoms with Gasteiger partial charge in [-0.05, 0) is 38.4 Å². The molecule has 128 valence electrons. The minimum atomic E-state index is -0.939. The van der Waals surface area contributed by atoms with Gasteiger partial charge in [-0.3, -0.25) is 0 Å². The average molecular weight is 371 g/mol. The number of benzene rings is 3. The quantitative estimate of drug-likeness (QED) is 0.665. The summed E-state index contributed by atoms with van der Waals surface area (Å²) in [6.45, 7) is 3.94. The van der Waals surface area contributed by atoms with E-state index < -0.39 is 7.92 Å². The van der Waals surface area contributed by atoms with Gasteiger partial charge in [-0.15, -0.1) is 0 Å². The highest BCUT2D eigenvalue weighted by Gasteiger charge is 2.22. The fourth-order valence-electron chi connectivity index (χ4n) is 2.65. The van der Waals surface area contributed by atoms with E-state index in [1.54, 1.807) is 6.07 Å². The Kier molecular flexibility index (Phi) is 5.63. The largest absolute Gasteiger partial charge is 0.506 e. The summed E-state index contributed by atoms with van der Waals surface area (Å²) in [6.07, 6.45) is 0.0353. The molecule has 0 saturated carbocycles. The van der Waals surface area contributed by atoms with Crippen LogP contribution in [0.4, 0.5) is 0 Å². The van der Waals surface area contributed by atoms with E-state index in [0.29, 0.717) is 10.8 Å². The van der Waals surface area contributed by atoms with E-state index in [2.05, 4.69) is 24.3 Å². The van der Waals surface area contributed by atoms with Crippen molar-refractivity contribution in [3.63, 3.8) is 0 Å². The third-order valence-corrected chi connectivity index (χ3v) is 6.40. The Balaban J connectivity index is 2.18. The maximum Gasteiger partial charge on any atom is 0.142 e. The highest BCUT2D eigenvalue weighted by Crippen LogP contribution is 2.40. The van der Waals surface area contributed by atoms with Crippen LogP contribution in [0, 0.1) is 0 Å². The first-order valence-electron chi connectivity index (χ1n) is 8.15. The van der Waals surface area contributed by atoms with Crippen molar-refractivity contribution in [2.75, 3.05) is 0 Å². The topological polar surface area (TPSA) is 29.5 Å². The van der Waals surface area contributed by atoms with Gasteiger partial charge < -0.3 is 9.84 Å². The second kappa shape index (κ2) is 7.91. The maximum atomic E-state index is 10.7. The van der Waals surface area contributed by atoms with Crippen molar-refractivity contribution < 1.29 is 9.84 Å². The molecule has 0 bridgehead atoms. The standard InChI is InChI=1S/C21H20ClO2P/c1-15(2)24-16-13-19(22)21(23)20(14-16)25(17-9-5-3-6-10-17)18-11-7-4-8-12-18/h3-15,23H,1-2H3. The molecule has 2 nitrogen and oxygen atoms in total. The number of aromatic hydroxyl groups is 1. The number of rotatable bonds is 5. The number of ether oxygens (including phenoxy) is 1. The summed E-state index contributed by atoms with van der Waals surface area (Å²) in [5.41, 5.74) is 0. The summed E-state index contributed by atoms with van der Waals surface area (Å²) in [5.74, 6) is 0.795. The van der Waals surface area contributed by atoms with E-state index >= 15 is 0 Å². The fourth-order valence-corrected chi connectivity index (χ4v) is 5.31. The summed E-state index contributed by atoms with van der Waals surface area (Å²) in [5, 5.41) is 14.1. The molecule has 0 heterocycles. The van der Waals surface area contributed by atoms with E-state index in [9.17, 15) is 5.11 Å². The second-order valence-corrected chi connectivity index (χ2v) is 8.54. The number of phenols is 1. The Morgan fingerprint density at radius 3 is 1.88 bits per heavy atom. The van der Waals surface area contributed by atoms with Crippen molar-refractivity contribution in [1.29, 1.82) is 0 Å². The van der Waals surface area contributed by atoms with Crippen LogP contribution in [0.25, 0.3) is 0 Å². The van der Waals surface area contributed by atoms with Crippen molar-refractivity contribution in [1.82, 2.24) is 0 Å². The number of hydrogen-bond acceptors (Lipinski definition) is 2. The van der Waals surface area contributed by atoms with E-state index in [4.69, 9.17) is 16.3 Å². The molecule has 1 N–H and O–H groups in total. The van der Waals surface area contributed by atoms with Gasteiger partial charge in [-0.25, -0.2) is 0 Å². The average Bonchev–Trinajstić information content (AvgIpc) is 2.60. The number of phenolic OH excluding ortho intramolecular Hbond substituents is 1. The zero-order chi connectivity index (χ0) is 17.8. The van der Waals surface area contributed by atoms with E-state index in [0.717, 1.165) is 15.9 Å². The third kappa shape index (κ3) is 4.15. The predicted molar refractivity (Wildman–Crippen MR) is 108 cm³/mol. The first-order valence-corrected chi connectivity index (χ1v) is 9.87. The Bertz CT molecular complexity index is 796. The van der Waals surface area contributed by atoms with Crippen LogP contribution in [0.15, 0.2) is 72.8 Å². The van der Waals surface area contributed by atoms with Crippen molar-refractivity contribution >= 4 is 35.4 Å². The lowest BCUT2D eigenvalue weighted by molar-refractivity contribution is 0.242. The van der Waals surface area contributed by atoms with Crippen molar-refractivity contribution in [2.24, 2.45) is 0 Å². The molecule has 0 fully saturated rings. The van der Waals surface area contributed by atoms with Crippen LogP contribution in [-0.2, 0) is 0 Å². The lowest BCUT2D eigenvalue weighted by Gasteiger charge is -2.22. The van der Waals surface area contributed by atoms with Gasteiger partial charge in [-0.2, -0.15) is 0 Å². The Hall–Kier alpha value is -2.02. The first-order chi connectivity index (χ1) is 12.1. The van der Waals surface area contributed by atoms with Gasteiger partial charge in [0.2, 0.25) is 0 Å². The smallest absolute Gasteiger partial charge is 0.142 e. The van der Waals surface area contributed by atoms with Gasteiger partial charge in [0.05, 0.1) is 11.1 Å². The van der Waals surface area contributed by atoms with Crippen LogP contribution in [0.2, 0.25) is 5.02 Å². The minimum absolute atomic E-state index is 0.0353. The molecule has 0 aliphatic rings. The van der Waals surface area contributed by atoms with Gasteiger partial charge in [0, 0.05) is 11.4 Å². The Labute approximate surface area is 154 Å². The van der Waals surface area contributed by atoms with Crippen molar-refractivity contribution in [3.05, 3.63) is 77.8 Å². The molecular formula is C21H20ClO2P. The molecular weight excluding hydrogens is 351 g/mol. The first kappa shape index (κ1) is 17.8. The molecule has 0 aromatic heterocycles. The van der Waals surface area contributed by atoms with Gasteiger partial charge in [0.15, 0.2) is 0 Å². The predicted octanol–water partition coefficient (Wildman–Crippen LogP) is 4.59. The molecule has 0 aliphatic carbocycles. The molecule has 25 heavy (non-hydrogen) atoms. The summed E-state index contributed by atoms with van der Waals surface area (Å²) in [6, 6.07) is 24.0. The molecule has 0 saturated heterocycles. The monoisotopic (exact) mass is 370 g/mol. The summed E-state index contributed by atoms with van der Waals surface area (Å²) in [7, 11) is -0.939. The molecule has 0 aliphatic heterocycles. The maximum absolute atomic E-state index is 10.7. The molecule has 0 spiro atoms. The molecule has 4 heteroatoms. The zero-order valence-corrected chi connectivity index (χ0v) is 15.8. The van der Waals surface area contributed by atoms with Crippen LogP contribution >= 0.6 is 19.5 Å². The summed E-state index contributed by atoms with van der Waals surface area (Å²) in [4.78, 5) is 0. The molecule has 0 amide bonds. The van der Waals surface area contributed by atoms with Crippen LogP contribution in [0.3, 0.4) is 0 Å². The van der Waals surface area contributed by atoms with Gasteiger partial charge in [-0.1, -0.05) is 72.3 Å². The fraction of sp³-hybridized carbons (Fsp3) is 0.143. The Morgan fingerprint density at radius 1 is 0.880 bits per heavy atom. The van der Waals surface area contributed by atoms with Crippen molar-refractivity contribution in [3.8, 4) is 11.5 Å². The van der Waals surface area contributed by atoms with Crippen LogP contribution in [-0.4, -0.2) is 11.2 Å². The summed E-state index contributed by atoms with van der Waals surface area (Å²) >= 11 is 6.30. The lowest BCUT2D eigenvalue weighted by Crippen LogP contribution is -2.21. The minimum Gasteiger partial charge on any atom is -0.506 e. The Morgan fingerprint density at radius 2 is 1.40 bits per heavy atom. The zero-order valence-electron chi connectivity index (χ0n) is 14.2. The van der Waals surface area contributed by atoms with Gasteiger partial charge in [0.1, 0.15) is 11.5 Å². The highest BCUT2D eigenvalue weighted by molar-refractivity contribution is 7.80. The second-order valence-electron chi connectivity index (χ2n) is 5.95. The van der Waals surface area contributed by atoms with Crippen molar-refractivity contribution in [2.45, 2.75) is 20.0 Å². The number of hydrogen-bond donors (Lipinski definition) is 1. The molecule has 3 aromatic rings. The van der Waals surface area contributed by atoms with Gasteiger partial charge in [0.25, 0.3) is 0 Å². The third-order valence-electron chi connectivity index (χ3n) is 3.66. The van der Waals surface area contributed by atoms with Crippen LogP contribution in [0.5, 0.6) is 11.5 Å². The van der Waals surface area contributed by atoms with E-state index in [1.165, 1.54) is 0 Å². The number of halogens is 1. The molecule has 0 unspecified atom stereocenters. The molecule has 0 atom stereocenters. The SMILES string of the molecule is CC(C)Oc1cc(Cl)c(O)c(P(c2ccccc2)c2ccccc2)c1. The van der Waals surface area contributed by atoms with Crippen LogP contribution in [0.1, 0.15) is 13.8 Å². The van der Waals surface area contributed by atoms with Crippen LogP contribution < -0.4 is 20.7 Å². The molecule has 0 radical (unpaired) electrons. The highest BCUT2D eigenvalue weighted by atomic mass is 35.5. The van der Waals surface area contributed by atoms with E-state index in [1.807, 2.05) is 56.3 Å². The van der Waals surface area contributed by atoms with Gasteiger partial charge >= 0.3 is 0 Å². The molecule has 3 rings (SSSR count). The summed E-state index contributed by atoms with van der Waals surface area (Å²) < 4.78 is 5.83.